The maximum Gasteiger partial charge on any atom is 0.326 e. The molecule has 0 spiro atoms. The van der Waals surface area contributed by atoms with E-state index in [1.807, 2.05) is 6.07 Å². The zero-order valence-corrected chi connectivity index (χ0v) is 21.9. The number of nitrogens with one attached hydrogen (secondary N) is 3. The predicted octanol–water partition coefficient (Wildman–Crippen LogP) is 1.71. The van der Waals surface area contributed by atoms with E-state index >= 15 is 0 Å². The molecule has 0 aliphatic rings. The first-order valence-electron chi connectivity index (χ1n) is 11.9. The van der Waals surface area contributed by atoms with Crippen molar-refractivity contribution in [1.29, 1.82) is 0 Å². The normalized spacial score (nSPS) is 14.4. The third-order valence-electron chi connectivity index (χ3n) is 5.73. The Morgan fingerprint density at radius 3 is 2.24 bits per heavy atom. The number of benzene rings is 2. The maximum absolute atomic E-state index is 13.6. The molecule has 9 nitrogen and oxygen atoms in total. The molecule has 0 aliphatic heterocycles. The molecule has 0 aromatic heterocycles. The average Bonchev–Trinajstić information content (AvgIpc) is 2.83. The highest BCUT2D eigenvalue weighted by Gasteiger charge is 2.30. The molecule has 2 aromatic rings. The monoisotopic (exact) mass is 535 g/mol. The predicted molar refractivity (Wildman–Crippen MR) is 139 cm³/mol. The molecule has 37 heavy (non-hydrogen) atoms. The molecule has 0 fully saturated rings. The van der Waals surface area contributed by atoms with Crippen LogP contribution in [0.3, 0.4) is 0 Å². The van der Waals surface area contributed by atoms with Crippen molar-refractivity contribution in [3.05, 3.63) is 65.5 Å². The fraction of sp³-hybridized carbons (Fsp3) is 0.423. The van der Waals surface area contributed by atoms with Crippen LogP contribution in [-0.2, 0) is 38.1 Å². The number of aromatic hydroxyl groups is 1. The van der Waals surface area contributed by atoms with Crippen molar-refractivity contribution >= 4 is 28.6 Å². The van der Waals surface area contributed by atoms with E-state index in [1.54, 1.807) is 38.1 Å². The van der Waals surface area contributed by atoms with Gasteiger partial charge in [-0.05, 0) is 36.1 Å². The summed E-state index contributed by atoms with van der Waals surface area (Å²) >= 11 is 0. The third kappa shape index (κ3) is 9.93. The molecule has 0 saturated heterocycles. The van der Waals surface area contributed by atoms with Crippen LogP contribution in [0.1, 0.15) is 31.4 Å². The summed E-state index contributed by atoms with van der Waals surface area (Å²) in [4.78, 5) is 38.0. The van der Waals surface area contributed by atoms with Gasteiger partial charge in [-0.2, -0.15) is 0 Å². The molecule has 5 N–H and O–H groups in total. The van der Waals surface area contributed by atoms with E-state index in [1.165, 1.54) is 18.4 Å². The molecule has 2 rings (SSSR count). The number of carbonyl (C=O) groups excluding carboxylic acids is 2. The Bertz CT molecular complexity index is 1100. The fourth-order valence-corrected chi connectivity index (χ4v) is 4.25. The summed E-state index contributed by atoms with van der Waals surface area (Å²) in [6, 6.07) is 9.31. The standard InChI is InChI=1S/C26H34FN3O6S/c1-16(2)23(28-15-18-14-19(27)9-10-22(18)31)25(33)30-21(13-17-7-5-4-6-8-17)24(32)29-20(26(34)35)11-12-37(3)36/h4-10,14,16,20-21,23,28,31H,11-13,15H2,1-3H3,(H,29,32)(H,30,33)(H,34,35)/t20-,21-,23-,37?/m0/s1. The smallest absolute Gasteiger partial charge is 0.326 e. The molecule has 202 valence electrons. The fourth-order valence-electron chi connectivity index (χ4n) is 3.68. The highest BCUT2D eigenvalue weighted by atomic mass is 32.2. The van der Waals surface area contributed by atoms with Gasteiger partial charge in [-0.3, -0.25) is 13.8 Å². The topological polar surface area (TPSA) is 145 Å². The number of hydrogen-bond donors (Lipinski definition) is 5. The summed E-state index contributed by atoms with van der Waals surface area (Å²) in [5.74, 6) is -3.24. The second-order valence-corrected chi connectivity index (χ2v) is 10.6. The van der Waals surface area contributed by atoms with Gasteiger partial charge in [0.2, 0.25) is 11.8 Å². The van der Waals surface area contributed by atoms with Crippen molar-refractivity contribution in [2.45, 2.75) is 51.4 Å². The number of carboxylic acid groups (broad SMARTS) is 1. The minimum absolute atomic E-state index is 0.00462. The number of carboxylic acids is 1. The number of phenols is 1. The second-order valence-electron chi connectivity index (χ2n) is 9.09. The molecular weight excluding hydrogens is 501 g/mol. The quantitative estimate of drug-likeness (QED) is 0.248. The van der Waals surface area contributed by atoms with E-state index in [0.29, 0.717) is 0 Å². The summed E-state index contributed by atoms with van der Waals surface area (Å²) in [5, 5.41) is 27.7. The first kappa shape index (κ1) is 29.9. The van der Waals surface area contributed by atoms with Crippen LogP contribution in [0, 0.1) is 11.7 Å². The molecule has 0 aliphatic carbocycles. The molecule has 4 atom stereocenters. The van der Waals surface area contributed by atoms with Gasteiger partial charge in [0.15, 0.2) is 0 Å². The Morgan fingerprint density at radius 2 is 1.65 bits per heavy atom. The summed E-state index contributed by atoms with van der Waals surface area (Å²) in [7, 11) is -1.24. The minimum atomic E-state index is -1.26. The Labute approximate surface area is 218 Å². The van der Waals surface area contributed by atoms with Gasteiger partial charge in [0.25, 0.3) is 0 Å². The van der Waals surface area contributed by atoms with Crippen LogP contribution in [0.5, 0.6) is 5.75 Å². The van der Waals surface area contributed by atoms with Crippen LogP contribution in [0.15, 0.2) is 48.5 Å². The van der Waals surface area contributed by atoms with E-state index < -0.39 is 52.5 Å². The highest BCUT2D eigenvalue weighted by Crippen LogP contribution is 2.18. The van der Waals surface area contributed by atoms with Crippen molar-refractivity contribution < 1.29 is 33.2 Å². The van der Waals surface area contributed by atoms with Gasteiger partial charge >= 0.3 is 5.97 Å². The maximum atomic E-state index is 13.6. The van der Waals surface area contributed by atoms with Crippen molar-refractivity contribution in [3.8, 4) is 5.75 Å². The van der Waals surface area contributed by atoms with Crippen LogP contribution < -0.4 is 16.0 Å². The van der Waals surface area contributed by atoms with Crippen molar-refractivity contribution in [1.82, 2.24) is 16.0 Å². The van der Waals surface area contributed by atoms with Crippen LogP contribution in [-0.4, -0.2) is 62.3 Å². The van der Waals surface area contributed by atoms with Crippen molar-refractivity contribution in [2.75, 3.05) is 12.0 Å². The number of phenolic OH excluding ortho intramolecular Hbond substituents is 1. The number of aliphatic carboxylic acids is 1. The van der Waals surface area contributed by atoms with Gasteiger partial charge in [-0.25, -0.2) is 9.18 Å². The number of carbonyl (C=O) groups is 3. The third-order valence-corrected chi connectivity index (χ3v) is 6.54. The average molecular weight is 536 g/mol. The number of halogens is 1. The van der Waals surface area contributed by atoms with E-state index in [9.17, 15) is 33.2 Å². The first-order chi connectivity index (χ1) is 17.5. The van der Waals surface area contributed by atoms with Crippen molar-refractivity contribution in [3.63, 3.8) is 0 Å². The first-order valence-corrected chi connectivity index (χ1v) is 13.6. The molecule has 2 amide bonds. The molecule has 1 unspecified atom stereocenters. The molecule has 0 saturated carbocycles. The van der Waals surface area contributed by atoms with E-state index in [4.69, 9.17) is 0 Å². The molecule has 2 aromatic carbocycles. The zero-order chi connectivity index (χ0) is 27.5. The van der Waals surface area contributed by atoms with Gasteiger partial charge in [0, 0.05) is 41.3 Å². The van der Waals surface area contributed by atoms with Gasteiger partial charge in [-0.15, -0.1) is 0 Å². The SMILES string of the molecule is CC(C)[C@H](NCc1cc(F)ccc1O)C(=O)N[C@@H](Cc1ccccc1)C(=O)N[C@@H](CCS(C)=O)C(=O)O. The largest absolute Gasteiger partial charge is 0.508 e. The number of hydrogen-bond acceptors (Lipinski definition) is 6. The Morgan fingerprint density at radius 1 is 1.00 bits per heavy atom. The lowest BCUT2D eigenvalue weighted by Crippen LogP contribution is -2.56. The van der Waals surface area contributed by atoms with E-state index in [-0.39, 0.29) is 42.4 Å². The lowest BCUT2D eigenvalue weighted by Gasteiger charge is -2.26. The van der Waals surface area contributed by atoms with Crippen LogP contribution >= 0.6 is 0 Å². The summed E-state index contributed by atoms with van der Waals surface area (Å²) < 4.78 is 25.0. The Balaban J connectivity index is 2.20. The summed E-state index contributed by atoms with van der Waals surface area (Å²) in [6.07, 6.45) is 1.53. The minimum Gasteiger partial charge on any atom is -0.508 e. The molecule has 0 radical (unpaired) electrons. The van der Waals surface area contributed by atoms with Crippen molar-refractivity contribution in [2.24, 2.45) is 5.92 Å². The van der Waals surface area contributed by atoms with E-state index in [2.05, 4.69) is 16.0 Å². The molecule has 11 heteroatoms. The van der Waals surface area contributed by atoms with Gasteiger partial charge in [0.1, 0.15) is 23.7 Å². The highest BCUT2D eigenvalue weighted by molar-refractivity contribution is 7.84. The number of amides is 2. The second kappa shape index (κ2) is 14.4. The van der Waals surface area contributed by atoms with Gasteiger partial charge < -0.3 is 26.2 Å². The van der Waals surface area contributed by atoms with Crippen LogP contribution in [0.4, 0.5) is 4.39 Å². The summed E-state index contributed by atoms with van der Waals surface area (Å²) in [6.45, 7) is 3.59. The molecule has 0 bridgehead atoms. The summed E-state index contributed by atoms with van der Waals surface area (Å²) in [5.41, 5.74) is 1.03. The lowest BCUT2D eigenvalue weighted by atomic mass is 10.0. The molecular formula is C26H34FN3O6S. The molecule has 0 heterocycles. The lowest BCUT2D eigenvalue weighted by molar-refractivity contribution is -0.142. The number of rotatable bonds is 14. The van der Waals surface area contributed by atoms with Gasteiger partial charge in [0.05, 0.1) is 6.04 Å². The van der Waals surface area contributed by atoms with Crippen LogP contribution in [0.2, 0.25) is 0 Å². The zero-order valence-electron chi connectivity index (χ0n) is 21.1. The van der Waals surface area contributed by atoms with E-state index in [0.717, 1.165) is 11.6 Å². The Hall–Kier alpha value is -3.31. The Kier molecular flexibility index (Phi) is 11.7. The van der Waals surface area contributed by atoms with Crippen LogP contribution in [0.25, 0.3) is 0 Å². The van der Waals surface area contributed by atoms with Gasteiger partial charge in [-0.1, -0.05) is 44.2 Å².